The molecule has 2 N–H and O–H groups in total. The SMILES string of the molecule is NC(=O)C1CCCN1c1nc(C2CC2)nc2scc(-c3ccccc3)c12. The van der Waals surface area contributed by atoms with Gasteiger partial charge in [-0.1, -0.05) is 30.3 Å². The molecule has 26 heavy (non-hydrogen) atoms. The Labute approximate surface area is 155 Å². The lowest BCUT2D eigenvalue weighted by atomic mass is 10.1. The molecule has 2 fully saturated rings. The highest BCUT2D eigenvalue weighted by Crippen LogP contribution is 2.44. The minimum atomic E-state index is -0.274. The van der Waals surface area contributed by atoms with Gasteiger partial charge in [0.2, 0.25) is 5.91 Å². The Bertz CT molecular complexity index is 980. The van der Waals surface area contributed by atoms with E-state index in [-0.39, 0.29) is 11.9 Å². The average Bonchev–Trinajstić information content (AvgIpc) is 3.23. The molecule has 1 aliphatic carbocycles. The molecule has 1 amide bonds. The van der Waals surface area contributed by atoms with Crippen LogP contribution in [0.4, 0.5) is 5.82 Å². The fraction of sp³-hybridized carbons (Fsp3) is 0.350. The van der Waals surface area contributed by atoms with Crippen molar-refractivity contribution >= 4 is 33.3 Å². The Balaban J connectivity index is 1.73. The molecule has 5 rings (SSSR count). The van der Waals surface area contributed by atoms with Gasteiger partial charge in [-0.15, -0.1) is 11.3 Å². The topological polar surface area (TPSA) is 72.1 Å². The van der Waals surface area contributed by atoms with Gasteiger partial charge < -0.3 is 10.6 Å². The summed E-state index contributed by atoms with van der Waals surface area (Å²) in [5.41, 5.74) is 7.97. The summed E-state index contributed by atoms with van der Waals surface area (Å²) in [5.74, 6) is 2.01. The third-order valence-electron chi connectivity index (χ3n) is 5.31. The van der Waals surface area contributed by atoms with E-state index < -0.39 is 0 Å². The van der Waals surface area contributed by atoms with Gasteiger partial charge in [-0.25, -0.2) is 9.97 Å². The van der Waals surface area contributed by atoms with Crippen molar-refractivity contribution < 1.29 is 4.79 Å². The minimum absolute atomic E-state index is 0.265. The molecule has 0 bridgehead atoms. The van der Waals surface area contributed by atoms with Gasteiger partial charge in [-0.05, 0) is 31.2 Å². The molecule has 3 aromatic rings. The number of amides is 1. The van der Waals surface area contributed by atoms with Crippen molar-refractivity contribution in [3.05, 3.63) is 41.5 Å². The largest absolute Gasteiger partial charge is 0.368 e. The van der Waals surface area contributed by atoms with E-state index in [9.17, 15) is 4.79 Å². The zero-order valence-corrected chi connectivity index (χ0v) is 15.2. The van der Waals surface area contributed by atoms with Gasteiger partial charge in [0.05, 0.1) is 5.39 Å². The van der Waals surface area contributed by atoms with Crippen LogP contribution in [0.2, 0.25) is 0 Å². The Morgan fingerprint density at radius 2 is 1.96 bits per heavy atom. The Kier molecular flexibility index (Phi) is 3.67. The molecular formula is C20H20N4OS. The molecule has 0 spiro atoms. The lowest BCUT2D eigenvalue weighted by Gasteiger charge is -2.25. The summed E-state index contributed by atoms with van der Waals surface area (Å²) in [5, 5.41) is 3.21. The van der Waals surface area contributed by atoms with Crippen LogP contribution in [0.15, 0.2) is 35.7 Å². The highest BCUT2D eigenvalue weighted by molar-refractivity contribution is 7.17. The second-order valence-corrected chi connectivity index (χ2v) is 7.99. The number of nitrogens with two attached hydrogens (primary N) is 1. The first-order valence-electron chi connectivity index (χ1n) is 9.13. The van der Waals surface area contributed by atoms with Gasteiger partial charge in [0.15, 0.2) is 0 Å². The van der Waals surface area contributed by atoms with Gasteiger partial charge in [-0.2, -0.15) is 0 Å². The number of primary amides is 1. The monoisotopic (exact) mass is 364 g/mol. The molecule has 1 saturated carbocycles. The third kappa shape index (κ3) is 2.56. The summed E-state index contributed by atoms with van der Waals surface area (Å²) in [6.07, 6.45) is 4.06. The fourth-order valence-corrected chi connectivity index (χ4v) is 4.77. The molecule has 1 saturated heterocycles. The van der Waals surface area contributed by atoms with Gasteiger partial charge in [0.1, 0.15) is 22.5 Å². The zero-order valence-electron chi connectivity index (χ0n) is 14.4. The molecule has 1 atom stereocenters. The van der Waals surface area contributed by atoms with Gasteiger partial charge in [0.25, 0.3) is 0 Å². The van der Waals surface area contributed by atoms with Gasteiger partial charge in [0, 0.05) is 23.4 Å². The number of rotatable bonds is 4. The average molecular weight is 364 g/mol. The molecule has 5 nitrogen and oxygen atoms in total. The summed E-state index contributed by atoms with van der Waals surface area (Å²) < 4.78 is 0. The fourth-order valence-electron chi connectivity index (χ4n) is 3.82. The first-order valence-corrected chi connectivity index (χ1v) is 10.0. The number of nitrogens with zero attached hydrogens (tertiary/aromatic N) is 3. The van der Waals surface area contributed by atoms with Gasteiger partial charge in [-0.3, -0.25) is 4.79 Å². The first kappa shape index (κ1) is 15.8. The van der Waals surface area contributed by atoms with Crippen LogP contribution < -0.4 is 10.6 Å². The number of thiophene rings is 1. The van der Waals surface area contributed by atoms with Crippen LogP contribution in [0.5, 0.6) is 0 Å². The summed E-state index contributed by atoms with van der Waals surface area (Å²) in [7, 11) is 0. The van der Waals surface area contributed by atoms with E-state index in [0.29, 0.717) is 5.92 Å². The number of anilines is 1. The van der Waals surface area contributed by atoms with E-state index in [1.807, 2.05) is 18.2 Å². The minimum Gasteiger partial charge on any atom is -0.368 e. The summed E-state index contributed by atoms with van der Waals surface area (Å²) >= 11 is 1.66. The number of fused-ring (bicyclic) bond motifs is 1. The van der Waals surface area contributed by atoms with E-state index >= 15 is 0 Å². The van der Waals surface area contributed by atoms with E-state index in [2.05, 4.69) is 22.4 Å². The first-order chi connectivity index (χ1) is 12.7. The highest BCUT2D eigenvalue weighted by Gasteiger charge is 2.34. The number of benzene rings is 1. The maximum atomic E-state index is 12.0. The van der Waals surface area contributed by atoms with Crippen LogP contribution in [0.3, 0.4) is 0 Å². The quantitative estimate of drug-likeness (QED) is 0.766. The van der Waals surface area contributed by atoms with Crippen molar-refractivity contribution in [2.24, 2.45) is 5.73 Å². The molecular weight excluding hydrogens is 344 g/mol. The number of carbonyl (C=O) groups is 1. The third-order valence-corrected chi connectivity index (χ3v) is 6.18. The molecule has 2 aliphatic rings. The van der Waals surface area contributed by atoms with E-state index in [1.165, 1.54) is 0 Å². The molecule has 1 aliphatic heterocycles. The maximum absolute atomic E-state index is 12.0. The van der Waals surface area contributed by atoms with Crippen molar-refractivity contribution in [2.75, 3.05) is 11.4 Å². The zero-order chi connectivity index (χ0) is 17.7. The lowest BCUT2D eigenvalue weighted by Crippen LogP contribution is -2.41. The molecule has 1 aromatic carbocycles. The molecule has 1 unspecified atom stereocenters. The number of hydrogen-bond acceptors (Lipinski definition) is 5. The number of carbonyl (C=O) groups excluding carboxylic acids is 1. The van der Waals surface area contributed by atoms with Crippen LogP contribution in [-0.4, -0.2) is 28.5 Å². The summed E-state index contributed by atoms with van der Waals surface area (Å²) in [4.78, 5) is 24.9. The van der Waals surface area contributed by atoms with Crippen LogP contribution in [0.25, 0.3) is 21.3 Å². The second kappa shape index (κ2) is 6.06. The van der Waals surface area contributed by atoms with Crippen molar-refractivity contribution in [3.63, 3.8) is 0 Å². The Hall–Kier alpha value is -2.47. The van der Waals surface area contributed by atoms with E-state index in [4.69, 9.17) is 15.7 Å². The number of hydrogen-bond donors (Lipinski definition) is 1. The highest BCUT2D eigenvalue weighted by atomic mass is 32.1. The molecule has 3 heterocycles. The van der Waals surface area contributed by atoms with Crippen molar-refractivity contribution in [3.8, 4) is 11.1 Å². The van der Waals surface area contributed by atoms with Crippen molar-refractivity contribution in [2.45, 2.75) is 37.6 Å². The predicted octanol–water partition coefficient (Wildman–Crippen LogP) is 3.69. The molecule has 2 aromatic heterocycles. The van der Waals surface area contributed by atoms with Crippen molar-refractivity contribution in [1.29, 1.82) is 0 Å². The van der Waals surface area contributed by atoms with Crippen molar-refractivity contribution in [1.82, 2.24) is 9.97 Å². The molecule has 132 valence electrons. The van der Waals surface area contributed by atoms with Crippen LogP contribution in [0, 0.1) is 0 Å². The normalized spacial score (nSPS) is 20.0. The maximum Gasteiger partial charge on any atom is 0.240 e. The summed E-state index contributed by atoms with van der Waals surface area (Å²) in [6, 6.07) is 10.0. The number of aromatic nitrogens is 2. The molecule has 6 heteroatoms. The Morgan fingerprint density at radius 1 is 1.15 bits per heavy atom. The van der Waals surface area contributed by atoms with Crippen LogP contribution in [-0.2, 0) is 4.79 Å². The smallest absolute Gasteiger partial charge is 0.240 e. The lowest BCUT2D eigenvalue weighted by molar-refractivity contribution is -0.119. The predicted molar refractivity (Wildman–Crippen MR) is 104 cm³/mol. The van der Waals surface area contributed by atoms with Crippen LogP contribution in [0.1, 0.15) is 37.4 Å². The van der Waals surface area contributed by atoms with E-state index in [1.54, 1.807) is 11.3 Å². The van der Waals surface area contributed by atoms with Crippen LogP contribution >= 0.6 is 11.3 Å². The molecule has 0 radical (unpaired) electrons. The standard InChI is InChI=1S/C20H20N4OS/c21-17(25)15-7-4-10-24(15)19-16-14(12-5-2-1-3-6-12)11-26-20(16)23-18(22-19)13-8-9-13/h1-3,5-6,11,13,15H,4,7-10H2,(H2,21,25). The summed E-state index contributed by atoms with van der Waals surface area (Å²) in [6.45, 7) is 0.813. The Morgan fingerprint density at radius 3 is 2.69 bits per heavy atom. The van der Waals surface area contributed by atoms with Gasteiger partial charge >= 0.3 is 0 Å². The van der Waals surface area contributed by atoms with E-state index in [0.717, 1.165) is 65.2 Å². The second-order valence-electron chi connectivity index (χ2n) is 7.13.